The van der Waals surface area contributed by atoms with E-state index < -0.39 is 18.0 Å². The van der Waals surface area contributed by atoms with E-state index in [0.29, 0.717) is 6.29 Å². The topological polar surface area (TPSA) is 57.5 Å². The Kier molecular flexibility index (Phi) is 4.38. The molecular weight excluding hydrogens is 267 g/mol. The second-order valence-corrected chi connectivity index (χ2v) is 3.67. The molecule has 2 N–H and O–H groups in total. The molecule has 0 aliphatic carbocycles. The number of aliphatic hydroxyl groups is 2. The summed E-state index contributed by atoms with van der Waals surface area (Å²) in [5, 5.41) is 19.0. The molecule has 0 amide bonds. The molecule has 1 aromatic rings. The Morgan fingerprint density at radius 2 is 2.13 bits per heavy atom. The van der Waals surface area contributed by atoms with Crippen LogP contribution in [0.4, 0.5) is 4.39 Å². The number of hydrogen-bond acceptors (Lipinski definition) is 3. The quantitative estimate of drug-likeness (QED) is 0.646. The number of benzene rings is 1. The van der Waals surface area contributed by atoms with E-state index in [2.05, 4.69) is 15.9 Å². The van der Waals surface area contributed by atoms with Crippen LogP contribution in [0, 0.1) is 5.82 Å². The number of aldehydes is 1. The summed E-state index contributed by atoms with van der Waals surface area (Å²) < 4.78 is 13.3. The molecule has 0 spiro atoms. The van der Waals surface area contributed by atoms with Crippen molar-refractivity contribution < 1.29 is 19.4 Å². The molecule has 15 heavy (non-hydrogen) atoms. The van der Waals surface area contributed by atoms with Crippen molar-refractivity contribution in [1.82, 2.24) is 0 Å². The average molecular weight is 277 g/mol. The first-order chi connectivity index (χ1) is 7.11. The molecule has 5 heteroatoms. The monoisotopic (exact) mass is 276 g/mol. The van der Waals surface area contributed by atoms with E-state index in [4.69, 9.17) is 0 Å². The van der Waals surface area contributed by atoms with Crippen LogP contribution in [0.1, 0.15) is 22.0 Å². The first-order valence-electron chi connectivity index (χ1n) is 4.27. The maximum absolute atomic E-state index is 13.3. The first kappa shape index (κ1) is 12.3. The molecule has 0 bridgehead atoms. The van der Waals surface area contributed by atoms with Gasteiger partial charge in [-0.05, 0) is 6.07 Å². The minimum Gasteiger partial charge on any atom is -0.389 e. The third-order valence-electron chi connectivity index (χ3n) is 2.03. The zero-order chi connectivity index (χ0) is 11.4. The van der Waals surface area contributed by atoms with Gasteiger partial charge >= 0.3 is 0 Å². The van der Waals surface area contributed by atoms with Gasteiger partial charge in [0.25, 0.3) is 0 Å². The molecule has 2 unspecified atom stereocenters. The number of aliphatic hydroxyl groups excluding tert-OH is 2. The third kappa shape index (κ3) is 2.62. The second kappa shape index (κ2) is 5.34. The highest BCUT2D eigenvalue weighted by molar-refractivity contribution is 9.09. The molecule has 0 aliphatic rings. The van der Waals surface area contributed by atoms with Crippen molar-refractivity contribution in [2.24, 2.45) is 0 Å². The Bertz CT molecular complexity index is 357. The zero-order valence-corrected chi connectivity index (χ0v) is 9.32. The Hall–Kier alpha value is -0.780. The predicted molar refractivity (Wildman–Crippen MR) is 56.5 cm³/mol. The molecule has 0 heterocycles. The summed E-state index contributed by atoms with van der Waals surface area (Å²) in [6.45, 7) is 0. The average Bonchev–Trinajstić information content (AvgIpc) is 2.26. The van der Waals surface area contributed by atoms with Crippen molar-refractivity contribution >= 4 is 22.2 Å². The van der Waals surface area contributed by atoms with E-state index in [1.54, 1.807) is 0 Å². The molecule has 0 fully saturated rings. The zero-order valence-electron chi connectivity index (χ0n) is 7.73. The predicted octanol–water partition coefficient (Wildman–Crippen LogP) is 1.43. The Labute approximate surface area is 94.7 Å². The summed E-state index contributed by atoms with van der Waals surface area (Å²) in [5.41, 5.74) is -0.123. The van der Waals surface area contributed by atoms with Crippen LogP contribution < -0.4 is 0 Å². The van der Waals surface area contributed by atoms with Gasteiger partial charge in [-0.2, -0.15) is 0 Å². The number of carbonyl (C=O) groups excluding carboxylic acids is 1. The normalized spacial score (nSPS) is 14.7. The van der Waals surface area contributed by atoms with E-state index >= 15 is 0 Å². The summed E-state index contributed by atoms with van der Waals surface area (Å²) in [4.78, 5) is 10.6. The molecule has 2 atom stereocenters. The van der Waals surface area contributed by atoms with Crippen LogP contribution >= 0.6 is 15.9 Å². The van der Waals surface area contributed by atoms with Gasteiger partial charge in [0.1, 0.15) is 11.9 Å². The summed E-state index contributed by atoms with van der Waals surface area (Å²) in [7, 11) is 0. The lowest BCUT2D eigenvalue weighted by molar-refractivity contribution is 0.0315. The van der Waals surface area contributed by atoms with Crippen molar-refractivity contribution in [2.45, 2.75) is 12.2 Å². The highest BCUT2D eigenvalue weighted by atomic mass is 79.9. The first-order valence-corrected chi connectivity index (χ1v) is 5.39. The lowest BCUT2D eigenvalue weighted by Gasteiger charge is -2.17. The molecule has 0 saturated carbocycles. The van der Waals surface area contributed by atoms with E-state index in [1.165, 1.54) is 12.1 Å². The maximum Gasteiger partial charge on any atom is 0.150 e. The molecular formula is C10H10BrFO3. The molecule has 0 aromatic heterocycles. The van der Waals surface area contributed by atoms with Crippen molar-refractivity contribution in [2.75, 3.05) is 5.33 Å². The van der Waals surface area contributed by atoms with E-state index in [9.17, 15) is 19.4 Å². The second-order valence-electron chi connectivity index (χ2n) is 3.03. The highest BCUT2D eigenvalue weighted by Gasteiger charge is 2.23. The Balaban J connectivity index is 3.16. The van der Waals surface area contributed by atoms with Crippen LogP contribution in [0.5, 0.6) is 0 Å². The van der Waals surface area contributed by atoms with Gasteiger partial charge in [0.2, 0.25) is 0 Å². The van der Waals surface area contributed by atoms with E-state index in [1.807, 2.05) is 0 Å². The molecule has 1 aromatic carbocycles. The molecule has 0 aliphatic heterocycles. The SMILES string of the molecule is O=Cc1cccc(F)c1C(O)C(O)CBr. The summed E-state index contributed by atoms with van der Waals surface area (Å²) in [5.74, 6) is -0.702. The number of halogens is 2. The molecule has 3 nitrogen and oxygen atoms in total. The fraction of sp³-hybridized carbons (Fsp3) is 0.300. The smallest absolute Gasteiger partial charge is 0.150 e. The lowest BCUT2D eigenvalue weighted by Crippen LogP contribution is -2.21. The minimum absolute atomic E-state index is 0.0440. The molecule has 0 saturated heterocycles. The van der Waals surface area contributed by atoms with E-state index in [0.717, 1.165) is 6.07 Å². The van der Waals surface area contributed by atoms with Gasteiger partial charge in [-0.1, -0.05) is 28.1 Å². The number of carbonyl (C=O) groups is 1. The van der Waals surface area contributed by atoms with Gasteiger partial charge in [0, 0.05) is 16.5 Å². The molecule has 0 radical (unpaired) electrons. The number of rotatable bonds is 4. The summed E-state index contributed by atoms with van der Waals surface area (Å²) in [6, 6.07) is 3.89. The van der Waals surface area contributed by atoms with Crippen LogP contribution in [0.15, 0.2) is 18.2 Å². The number of hydrogen-bond donors (Lipinski definition) is 2. The minimum atomic E-state index is -1.41. The lowest BCUT2D eigenvalue weighted by atomic mass is 9.99. The van der Waals surface area contributed by atoms with Gasteiger partial charge in [-0.3, -0.25) is 4.79 Å². The number of alkyl halides is 1. The van der Waals surface area contributed by atoms with Gasteiger partial charge in [0.15, 0.2) is 6.29 Å². The van der Waals surface area contributed by atoms with Crippen molar-refractivity contribution in [3.05, 3.63) is 35.1 Å². The summed E-state index contributed by atoms with van der Waals surface area (Å²) >= 11 is 2.96. The standard InChI is InChI=1S/C10H10BrFO3/c11-4-8(14)10(15)9-6(5-13)2-1-3-7(9)12/h1-3,5,8,10,14-15H,4H2. The fourth-order valence-electron chi connectivity index (χ4n) is 1.25. The Morgan fingerprint density at radius 3 is 2.67 bits per heavy atom. The van der Waals surface area contributed by atoms with Gasteiger partial charge < -0.3 is 10.2 Å². The Morgan fingerprint density at radius 1 is 1.47 bits per heavy atom. The van der Waals surface area contributed by atoms with E-state index in [-0.39, 0.29) is 16.5 Å². The molecule has 1 rings (SSSR count). The largest absolute Gasteiger partial charge is 0.389 e. The maximum atomic E-state index is 13.3. The third-order valence-corrected chi connectivity index (χ3v) is 2.70. The van der Waals surface area contributed by atoms with Crippen LogP contribution in [0.2, 0.25) is 0 Å². The highest BCUT2D eigenvalue weighted by Crippen LogP contribution is 2.24. The van der Waals surface area contributed by atoms with Crippen molar-refractivity contribution in [1.29, 1.82) is 0 Å². The van der Waals surface area contributed by atoms with Crippen LogP contribution in [-0.2, 0) is 0 Å². The van der Waals surface area contributed by atoms with Crippen LogP contribution in [0.3, 0.4) is 0 Å². The van der Waals surface area contributed by atoms with Gasteiger partial charge in [-0.25, -0.2) is 4.39 Å². The van der Waals surface area contributed by atoms with Crippen LogP contribution in [-0.4, -0.2) is 27.9 Å². The molecule has 82 valence electrons. The van der Waals surface area contributed by atoms with Gasteiger partial charge in [0.05, 0.1) is 6.10 Å². The van der Waals surface area contributed by atoms with Crippen molar-refractivity contribution in [3.8, 4) is 0 Å². The van der Waals surface area contributed by atoms with Crippen molar-refractivity contribution in [3.63, 3.8) is 0 Å². The fourth-order valence-corrected chi connectivity index (χ4v) is 1.60. The van der Waals surface area contributed by atoms with Crippen LogP contribution in [0.25, 0.3) is 0 Å². The summed E-state index contributed by atoms with van der Waals surface area (Å²) in [6.07, 6.45) is -2.12. The van der Waals surface area contributed by atoms with Gasteiger partial charge in [-0.15, -0.1) is 0 Å².